The van der Waals surface area contributed by atoms with Crippen molar-refractivity contribution >= 4 is 0 Å². The van der Waals surface area contributed by atoms with Gasteiger partial charge in [0.15, 0.2) is 0 Å². The number of rotatable bonds is 6. The van der Waals surface area contributed by atoms with Crippen molar-refractivity contribution in [2.24, 2.45) is 20.0 Å². The van der Waals surface area contributed by atoms with E-state index in [1.165, 1.54) is 24.1 Å². The van der Waals surface area contributed by atoms with Crippen molar-refractivity contribution in [2.45, 2.75) is 33.2 Å². The van der Waals surface area contributed by atoms with Gasteiger partial charge in [0.1, 0.15) is 0 Å². The van der Waals surface area contributed by atoms with Gasteiger partial charge >= 0.3 is 5.69 Å². The first kappa shape index (κ1) is 14.7. The summed E-state index contributed by atoms with van der Waals surface area (Å²) >= 11 is 0. The van der Waals surface area contributed by atoms with Crippen LogP contribution in [0.15, 0.2) is 15.7 Å². The Labute approximate surface area is 107 Å². The molecule has 5 nitrogen and oxygen atoms in total. The highest BCUT2D eigenvalue weighted by Gasteiger charge is 2.05. The van der Waals surface area contributed by atoms with E-state index in [2.05, 4.69) is 19.2 Å². The van der Waals surface area contributed by atoms with Gasteiger partial charge in [0, 0.05) is 32.4 Å². The molecule has 1 N–H and O–H groups in total. The van der Waals surface area contributed by atoms with E-state index in [1.54, 1.807) is 7.05 Å². The SMILES string of the molecule is CC(C)CCCNCc1cc(=O)n(C)c(=O)n1C. The summed E-state index contributed by atoms with van der Waals surface area (Å²) in [5.41, 5.74) is 0.200. The quantitative estimate of drug-likeness (QED) is 0.756. The molecule has 1 heterocycles. The molecule has 102 valence electrons. The Hall–Kier alpha value is -1.36. The largest absolute Gasteiger partial charge is 0.330 e. The van der Waals surface area contributed by atoms with Gasteiger partial charge in [-0.05, 0) is 25.3 Å². The highest BCUT2D eigenvalue weighted by Crippen LogP contribution is 2.01. The number of hydrogen-bond acceptors (Lipinski definition) is 3. The summed E-state index contributed by atoms with van der Waals surface area (Å²) in [4.78, 5) is 23.2. The molecule has 0 atom stereocenters. The van der Waals surface area contributed by atoms with Crippen LogP contribution in [0, 0.1) is 5.92 Å². The predicted octanol–water partition coefficient (Wildman–Crippen LogP) is 0.610. The van der Waals surface area contributed by atoms with Crippen molar-refractivity contribution in [3.63, 3.8) is 0 Å². The van der Waals surface area contributed by atoms with Crippen LogP contribution in [0.2, 0.25) is 0 Å². The normalized spacial score (nSPS) is 11.2. The highest BCUT2D eigenvalue weighted by molar-refractivity contribution is 5.01. The first-order valence-corrected chi connectivity index (χ1v) is 6.40. The van der Waals surface area contributed by atoms with E-state index in [4.69, 9.17) is 0 Å². The fourth-order valence-corrected chi connectivity index (χ4v) is 1.80. The van der Waals surface area contributed by atoms with Gasteiger partial charge in [-0.2, -0.15) is 0 Å². The summed E-state index contributed by atoms with van der Waals surface area (Å²) in [5, 5.41) is 3.26. The van der Waals surface area contributed by atoms with Crippen LogP contribution in [0.25, 0.3) is 0 Å². The summed E-state index contributed by atoms with van der Waals surface area (Å²) in [6.45, 7) is 5.86. The molecule has 0 aliphatic carbocycles. The van der Waals surface area contributed by atoms with Gasteiger partial charge in [-0.15, -0.1) is 0 Å². The molecule has 1 rings (SSSR count). The number of aromatic nitrogens is 2. The molecule has 0 aliphatic rings. The minimum absolute atomic E-state index is 0.253. The van der Waals surface area contributed by atoms with E-state index >= 15 is 0 Å². The minimum Gasteiger partial charge on any atom is -0.311 e. The first-order chi connectivity index (χ1) is 8.43. The van der Waals surface area contributed by atoms with Crippen LogP contribution in [0.1, 0.15) is 32.4 Å². The second kappa shape index (κ2) is 6.54. The maximum atomic E-state index is 11.7. The van der Waals surface area contributed by atoms with Crippen LogP contribution in [0.4, 0.5) is 0 Å². The Kier molecular flexibility index (Phi) is 5.34. The highest BCUT2D eigenvalue weighted by atomic mass is 16.2. The zero-order chi connectivity index (χ0) is 13.7. The maximum Gasteiger partial charge on any atom is 0.330 e. The molecule has 0 aliphatic heterocycles. The van der Waals surface area contributed by atoms with Gasteiger partial charge in [-0.1, -0.05) is 13.8 Å². The van der Waals surface area contributed by atoms with E-state index in [1.807, 2.05) is 0 Å². The molecule has 0 fully saturated rings. The molecule has 0 saturated heterocycles. The van der Waals surface area contributed by atoms with Crippen LogP contribution < -0.4 is 16.6 Å². The van der Waals surface area contributed by atoms with Crippen LogP contribution >= 0.6 is 0 Å². The molecule has 0 radical (unpaired) electrons. The lowest BCUT2D eigenvalue weighted by molar-refractivity contribution is 0.519. The Morgan fingerprint density at radius 1 is 1.22 bits per heavy atom. The smallest absolute Gasteiger partial charge is 0.311 e. The molecule has 5 heteroatoms. The predicted molar refractivity (Wildman–Crippen MR) is 72.7 cm³/mol. The Morgan fingerprint density at radius 2 is 1.89 bits per heavy atom. The van der Waals surface area contributed by atoms with Crippen LogP contribution in [0.5, 0.6) is 0 Å². The lowest BCUT2D eigenvalue weighted by Gasteiger charge is -2.10. The molecule has 1 aromatic rings. The van der Waals surface area contributed by atoms with Crippen molar-refractivity contribution in [3.05, 3.63) is 32.6 Å². The third-order valence-corrected chi connectivity index (χ3v) is 3.07. The van der Waals surface area contributed by atoms with E-state index in [0.717, 1.165) is 23.2 Å². The maximum absolute atomic E-state index is 11.7. The molecule has 0 amide bonds. The molecule has 0 bridgehead atoms. The van der Waals surface area contributed by atoms with Gasteiger partial charge in [0.25, 0.3) is 5.56 Å². The van der Waals surface area contributed by atoms with E-state index in [9.17, 15) is 9.59 Å². The number of hydrogen-bond donors (Lipinski definition) is 1. The van der Waals surface area contributed by atoms with Gasteiger partial charge in [0.05, 0.1) is 0 Å². The standard InChI is InChI=1S/C13H23N3O2/c1-10(2)6-5-7-14-9-11-8-12(17)16(4)13(18)15(11)3/h8,10,14H,5-7,9H2,1-4H3. The second-order valence-corrected chi connectivity index (χ2v) is 5.09. The van der Waals surface area contributed by atoms with Gasteiger partial charge < -0.3 is 5.32 Å². The number of nitrogens with zero attached hydrogens (tertiary/aromatic N) is 2. The van der Waals surface area contributed by atoms with E-state index in [0.29, 0.717) is 12.5 Å². The minimum atomic E-state index is -0.276. The topological polar surface area (TPSA) is 56.0 Å². The molecule has 18 heavy (non-hydrogen) atoms. The monoisotopic (exact) mass is 253 g/mol. The second-order valence-electron chi connectivity index (χ2n) is 5.09. The Morgan fingerprint density at radius 3 is 2.50 bits per heavy atom. The third-order valence-electron chi connectivity index (χ3n) is 3.07. The Balaban J connectivity index is 2.59. The molecule has 1 aromatic heterocycles. The van der Waals surface area contributed by atoms with Gasteiger partial charge in [0.2, 0.25) is 0 Å². The zero-order valence-corrected chi connectivity index (χ0v) is 11.7. The number of nitrogens with one attached hydrogen (secondary N) is 1. The van der Waals surface area contributed by atoms with Crippen LogP contribution in [0.3, 0.4) is 0 Å². The molecule has 0 unspecified atom stereocenters. The summed E-state index contributed by atoms with van der Waals surface area (Å²) in [7, 11) is 3.18. The van der Waals surface area contributed by atoms with Crippen molar-refractivity contribution in [2.75, 3.05) is 6.54 Å². The summed E-state index contributed by atoms with van der Waals surface area (Å²) in [6, 6.07) is 1.51. The lowest BCUT2D eigenvalue weighted by Crippen LogP contribution is -2.39. The average molecular weight is 253 g/mol. The molecular formula is C13H23N3O2. The Bertz CT molecular complexity index is 500. The lowest BCUT2D eigenvalue weighted by atomic mass is 10.1. The third kappa shape index (κ3) is 3.84. The van der Waals surface area contributed by atoms with Crippen LogP contribution in [-0.2, 0) is 20.6 Å². The molecular weight excluding hydrogens is 230 g/mol. The summed E-state index contributed by atoms with van der Waals surface area (Å²) < 4.78 is 2.62. The molecule has 0 saturated carbocycles. The summed E-state index contributed by atoms with van der Waals surface area (Å²) in [6.07, 6.45) is 2.29. The van der Waals surface area contributed by atoms with Crippen molar-refractivity contribution < 1.29 is 0 Å². The summed E-state index contributed by atoms with van der Waals surface area (Å²) in [5.74, 6) is 0.708. The molecule has 0 aromatic carbocycles. The van der Waals surface area contributed by atoms with Gasteiger partial charge in [-0.3, -0.25) is 13.9 Å². The van der Waals surface area contributed by atoms with Crippen molar-refractivity contribution in [1.82, 2.24) is 14.5 Å². The zero-order valence-electron chi connectivity index (χ0n) is 11.7. The fourth-order valence-electron chi connectivity index (χ4n) is 1.80. The van der Waals surface area contributed by atoms with E-state index < -0.39 is 0 Å². The van der Waals surface area contributed by atoms with Crippen LogP contribution in [-0.4, -0.2) is 15.7 Å². The van der Waals surface area contributed by atoms with Crippen molar-refractivity contribution in [1.29, 1.82) is 0 Å². The van der Waals surface area contributed by atoms with Gasteiger partial charge in [-0.25, -0.2) is 4.79 Å². The average Bonchev–Trinajstić information content (AvgIpc) is 2.32. The van der Waals surface area contributed by atoms with E-state index in [-0.39, 0.29) is 11.2 Å². The van der Waals surface area contributed by atoms with Crippen molar-refractivity contribution in [3.8, 4) is 0 Å². The fraction of sp³-hybridized carbons (Fsp3) is 0.692. The first-order valence-electron chi connectivity index (χ1n) is 6.40. The molecule has 0 spiro atoms.